The number of aryl methyl sites for hydroxylation is 2. The van der Waals surface area contributed by atoms with Gasteiger partial charge in [-0.15, -0.1) is 10.2 Å². The van der Waals surface area contributed by atoms with Crippen LogP contribution >= 0.6 is 23.1 Å². The number of aromatic nitrogens is 3. The maximum atomic E-state index is 12.2. The Kier molecular flexibility index (Phi) is 4.11. The zero-order valence-electron chi connectivity index (χ0n) is 10.5. The SMILES string of the molecule is CCSc1nnc(NS(=O)(=O)c2c(C)noc2C)s1. The fourth-order valence-electron chi connectivity index (χ4n) is 1.46. The van der Waals surface area contributed by atoms with Gasteiger partial charge in [-0.05, 0) is 19.6 Å². The average molecular weight is 320 g/mol. The van der Waals surface area contributed by atoms with Crippen molar-refractivity contribution in [1.82, 2.24) is 15.4 Å². The van der Waals surface area contributed by atoms with Crippen molar-refractivity contribution in [2.24, 2.45) is 0 Å². The fraction of sp³-hybridized carbons (Fsp3) is 0.444. The third-order valence-corrected chi connectivity index (χ3v) is 5.70. The monoisotopic (exact) mass is 320 g/mol. The number of hydrogen-bond donors (Lipinski definition) is 1. The number of thioether (sulfide) groups is 1. The molecule has 0 aromatic carbocycles. The summed E-state index contributed by atoms with van der Waals surface area (Å²) >= 11 is 2.70. The molecule has 0 aliphatic carbocycles. The van der Waals surface area contributed by atoms with E-state index in [2.05, 4.69) is 20.1 Å². The highest BCUT2D eigenvalue weighted by Crippen LogP contribution is 2.28. The molecule has 0 atom stereocenters. The first-order chi connectivity index (χ1) is 8.94. The third-order valence-electron chi connectivity index (χ3n) is 2.13. The molecule has 2 aromatic rings. The van der Waals surface area contributed by atoms with Gasteiger partial charge in [0, 0.05) is 0 Å². The van der Waals surface area contributed by atoms with Gasteiger partial charge in [-0.2, -0.15) is 0 Å². The fourth-order valence-corrected chi connectivity index (χ4v) is 4.67. The minimum Gasteiger partial charge on any atom is -0.360 e. The summed E-state index contributed by atoms with van der Waals surface area (Å²) < 4.78 is 32.3. The molecule has 1 N–H and O–H groups in total. The number of rotatable bonds is 5. The molecule has 19 heavy (non-hydrogen) atoms. The maximum Gasteiger partial charge on any atom is 0.269 e. The quantitative estimate of drug-likeness (QED) is 0.842. The summed E-state index contributed by atoms with van der Waals surface area (Å²) in [5.74, 6) is 1.10. The van der Waals surface area contributed by atoms with Crippen LogP contribution in [0.1, 0.15) is 18.4 Å². The normalized spacial score (nSPS) is 11.7. The van der Waals surface area contributed by atoms with E-state index in [-0.39, 0.29) is 15.8 Å². The van der Waals surface area contributed by atoms with Crippen molar-refractivity contribution in [3.63, 3.8) is 0 Å². The van der Waals surface area contributed by atoms with E-state index in [0.717, 1.165) is 10.1 Å². The van der Waals surface area contributed by atoms with Crippen LogP contribution in [0.4, 0.5) is 5.13 Å². The summed E-state index contributed by atoms with van der Waals surface area (Å²) in [6.45, 7) is 5.11. The van der Waals surface area contributed by atoms with Gasteiger partial charge in [0.2, 0.25) is 5.13 Å². The standard InChI is InChI=1S/C9H12N4O3S3/c1-4-17-9-11-10-8(18-9)13-19(14,15)7-5(2)12-16-6(7)3/h4H2,1-3H3,(H,10,13). The molecule has 7 nitrogen and oxygen atoms in total. The van der Waals surface area contributed by atoms with Crippen LogP contribution in [-0.4, -0.2) is 29.5 Å². The second kappa shape index (κ2) is 5.47. The molecule has 0 aliphatic rings. The largest absolute Gasteiger partial charge is 0.360 e. The molecular weight excluding hydrogens is 308 g/mol. The van der Waals surface area contributed by atoms with E-state index in [1.807, 2.05) is 6.92 Å². The second-order valence-electron chi connectivity index (χ2n) is 3.56. The molecule has 0 radical (unpaired) electrons. The van der Waals surface area contributed by atoms with E-state index in [1.165, 1.54) is 23.1 Å². The first-order valence-corrected chi connectivity index (χ1v) is 8.64. The van der Waals surface area contributed by atoms with Crippen LogP contribution in [0.15, 0.2) is 13.8 Å². The van der Waals surface area contributed by atoms with Crippen molar-refractivity contribution >= 4 is 38.3 Å². The molecule has 2 aromatic heterocycles. The van der Waals surface area contributed by atoms with Crippen molar-refractivity contribution < 1.29 is 12.9 Å². The van der Waals surface area contributed by atoms with Gasteiger partial charge in [-0.3, -0.25) is 4.72 Å². The van der Waals surface area contributed by atoms with Crippen LogP contribution in [-0.2, 0) is 10.0 Å². The van der Waals surface area contributed by atoms with E-state index >= 15 is 0 Å². The van der Waals surface area contributed by atoms with Crippen LogP contribution in [0.3, 0.4) is 0 Å². The maximum absolute atomic E-state index is 12.2. The predicted molar refractivity (Wildman–Crippen MR) is 73.1 cm³/mol. The molecule has 0 unspecified atom stereocenters. The Morgan fingerprint density at radius 2 is 2.11 bits per heavy atom. The lowest BCUT2D eigenvalue weighted by molar-refractivity contribution is 0.390. The molecule has 0 fully saturated rings. The Bertz CT molecular complexity index is 657. The van der Waals surface area contributed by atoms with Gasteiger partial charge in [0.15, 0.2) is 15.0 Å². The second-order valence-corrected chi connectivity index (χ2v) is 7.67. The Morgan fingerprint density at radius 1 is 1.37 bits per heavy atom. The summed E-state index contributed by atoms with van der Waals surface area (Å²) in [7, 11) is -3.74. The van der Waals surface area contributed by atoms with Gasteiger partial charge in [0.1, 0.15) is 5.69 Å². The molecule has 0 bridgehead atoms. The lowest BCUT2D eigenvalue weighted by atomic mass is 10.4. The zero-order chi connectivity index (χ0) is 14.0. The molecule has 2 heterocycles. The lowest BCUT2D eigenvalue weighted by Crippen LogP contribution is -2.14. The Balaban J connectivity index is 2.26. The molecule has 2 rings (SSSR count). The van der Waals surface area contributed by atoms with Gasteiger partial charge in [-0.1, -0.05) is 35.2 Å². The zero-order valence-corrected chi connectivity index (χ0v) is 12.9. The highest BCUT2D eigenvalue weighted by Gasteiger charge is 2.25. The summed E-state index contributed by atoms with van der Waals surface area (Å²) in [6.07, 6.45) is 0. The van der Waals surface area contributed by atoms with Crippen molar-refractivity contribution in [2.75, 3.05) is 10.5 Å². The van der Waals surface area contributed by atoms with Crippen LogP contribution in [0.5, 0.6) is 0 Å². The van der Waals surface area contributed by atoms with Crippen LogP contribution in [0.25, 0.3) is 0 Å². The van der Waals surface area contributed by atoms with Crippen molar-refractivity contribution in [2.45, 2.75) is 30.0 Å². The molecular formula is C9H12N4O3S3. The van der Waals surface area contributed by atoms with E-state index in [9.17, 15) is 8.42 Å². The van der Waals surface area contributed by atoms with Gasteiger partial charge < -0.3 is 4.52 Å². The van der Waals surface area contributed by atoms with Gasteiger partial charge in [-0.25, -0.2) is 8.42 Å². The summed E-state index contributed by atoms with van der Waals surface area (Å²) in [5, 5.41) is 11.5. The molecule has 0 saturated carbocycles. The first kappa shape index (κ1) is 14.3. The Morgan fingerprint density at radius 3 is 2.68 bits per heavy atom. The van der Waals surface area contributed by atoms with Gasteiger partial charge in [0.25, 0.3) is 10.0 Å². The van der Waals surface area contributed by atoms with Crippen molar-refractivity contribution in [3.05, 3.63) is 11.5 Å². The Labute approximate surface area is 118 Å². The van der Waals surface area contributed by atoms with E-state index in [1.54, 1.807) is 13.8 Å². The van der Waals surface area contributed by atoms with Crippen molar-refractivity contribution in [3.8, 4) is 0 Å². The first-order valence-electron chi connectivity index (χ1n) is 5.36. The molecule has 0 amide bonds. The molecule has 0 aliphatic heterocycles. The van der Waals surface area contributed by atoms with E-state index in [0.29, 0.717) is 5.69 Å². The molecule has 10 heteroatoms. The van der Waals surface area contributed by atoms with Crippen LogP contribution < -0.4 is 4.72 Å². The minimum absolute atomic E-state index is 0.0485. The topological polar surface area (TPSA) is 98.0 Å². The summed E-state index contributed by atoms with van der Waals surface area (Å²) in [4.78, 5) is 0.0485. The summed E-state index contributed by atoms with van der Waals surface area (Å²) in [5.41, 5.74) is 0.317. The Hall–Kier alpha value is -1.13. The lowest BCUT2D eigenvalue weighted by Gasteiger charge is -2.02. The number of hydrogen-bond acceptors (Lipinski definition) is 8. The number of anilines is 1. The smallest absolute Gasteiger partial charge is 0.269 e. The molecule has 0 spiro atoms. The highest BCUT2D eigenvalue weighted by atomic mass is 32.2. The number of sulfonamides is 1. The molecule has 0 saturated heterocycles. The van der Waals surface area contributed by atoms with Crippen LogP contribution in [0, 0.1) is 13.8 Å². The van der Waals surface area contributed by atoms with E-state index < -0.39 is 10.0 Å². The van der Waals surface area contributed by atoms with Crippen molar-refractivity contribution in [1.29, 1.82) is 0 Å². The molecule has 104 valence electrons. The van der Waals surface area contributed by atoms with E-state index in [4.69, 9.17) is 4.52 Å². The third kappa shape index (κ3) is 3.07. The van der Waals surface area contributed by atoms with Gasteiger partial charge >= 0.3 is 0 Å². The number of nitrogens with zero attached hydrogens (tertiary/aromatic N) is 3. The minimum atomic E-state index is -3.74. The predicted octanol–water partition coefficient (Wildman–Crippen LogP) is 2.06. The summed E-state index contributed by atoms with van der Waals surface area (Å²) in [6, 6.07) is 0. The highest BCUT2D eigenvalue weighted by molar-refractivity contribution is 8.01. The average Bonchev–Trinajstić information content (AvgIpc) is 2.86. The van der Waals surface area contributed by atoms with Crippen LogP contribution in [0.2, 0.25) is 0 Å². The van der Waals surface area contributed by atoms with Gasteiger partial charge in [0.05, 0.1) is 0 Å². The number of nitrogens with one attached hydrogen (secondary N) is 1.